The average molecular weight is 403 g/mol. The fourth-order valence-corrected chi connectivity index (χ4v) is 3.45. The van der Waals surface area contributed by atoms with Crippen molar-refractivity contribution in [3.8, 4) is 6.07 Å². The van der Waals surface area contributed by atoms with Gasteiger partial charge in [-0.2, -0.15) is 5.26 Å². The van der Waals surface area contributed by atoms with Crippen LogP contribution in [0.4, 0.5) is 5.88 Å². The molecule has 0 aromatic carbocycles. The first-order valence-corrected chi connectivity index (χ1v) is 10.2. The van der Waals surface area contributed by atoms with Crippen LogP contribution in [0.15, 0.2) is 27.9 Å². The number of ether oxygens (including phenoxy) is 1. The Kier molecular flexibility index (Phi) is 7.22. The smallest absolute Gasteiger partial charge is 0.305 e. The van der Waals surface area contributed by atoms with Gasteiger partial charge in [-0.3, -0.25) is 14.6 Å². The minimum Gasteiger partial charge on any atom is -0.377 e. The molecular formula is C18H23N6O3S+. The van der Waals surface area contributed by atoms with Gasteiger partial charge in [0.05, 0.1) is 42.4 Å². The van der Waals surface area contributed by atoms with Crippen LogP contribution in [0.1, 0.15) is 31.0 Å². The number of nitrogens with zero attached hydrogens (tertiary/aromatic N) is 5. The normalized spacial score (nSPS) is 13.9. The molecule has 0 aliphatic carbocycles. The predicted octanol–water partition coefficient (Wildman–Crippen LogP) is 1.27. The number of amides is 1. The lowest BCUT2D eigenvalue weighted by Gasteiger charge is -2.18. The second-order valence-corrected chi connectivity index (χ2v) is 7.22. The number of pyridine rings is 1. The largest absolute Gasteiger partial charge is 0.377 e. The summed E-state index contributed by atoms with van der Waals surface area (Å²) in [5, 5.41) is 18.4. The molecule has 2 aromatic heterocycles. The average Bonchev–Trinajstić information content (AvgIpc) is 3.19. The summed E-state index contributed by atoms with van der Waals surface area (Å²) in [7, 11) is 0. The summed E-state index contributed by atoms with van der Waals surface area (Å²) >= 11 is 1.24. The van der Waals surface area contributed by atoms with Crippen molar-refractivity contribution in [1.29, 1.82) is 5.26 Å². The van der Waals surface area contributed by atoms with E-state index in [0.29, 0.717) is 36.9 Å². The number of rotatable bonds is 8. The maximum atomic E-state index is 12.3. The zero-order valence-corrected chi connectivity index (χ0v) is 16.6. The first kappa shape index (κ1) is 20.1. The number of aromatic nitrogens is 3. The fraction of sp³-hybridized carbons (Fsp3) is 0.500. The van der Waals surface area contributed by atoms with Crippen LogP contribution in [0.2, 0.25) is 0 Å². The molecule has 0 radical (unpaired) electrons. The molecule has 9 nitrogen and oxygen atoms in total. The molecule has 1 fully saturated rings. The highest BCUT2D eigenvalue weighted by atomic mass is 32.2. The molecular weight excluding hydrogens is 380 g/mol. The highest BCUT2D eigenvalue weighted by molar-refractivity contribution is 8.00. The van der Waals surface area contributed by atoms with Crippen molar-refractivity contribution in [2.75, 3.05) is 42.4 Å². The minimum atomic E-state index is -0.250. The first-order valence-electron chi connectivity index (χ1n) is 9.24. The summed E-state index contributed by atoms with van der Waals surface area (Å²) in [6.45, 7) is 4.79. The lowest BCUT2D eigenvalue weighted by molar-refractivity contribution is -0.759. The Hall–Kier alpha value is -2.64. The van der Waals surface area contributed by atoms with E-state index in [4.69, 9.17) is 9.26 Å². The van der Waals surface area contributed by atoms with E-state index in [2.05, 4.69) is 28.6 Å². The third-order valence-electron chi connectivity index (χ3n) is 4.16. The number of carbonyl (C=O) groups excluding carboxylic acids is 1. The summed E-state index contributed by atoms with van der Waals surface area (Å²) in [5.41, 5.74) is 1.41. The van der Waals surface area contributed by atoms with Crippen LogP contribution < -0.4 is 15.1 Å². The molecule has 1 amide bonds. The van der Waals surface area contributed by atoms with Gasteiger partial charge in [0.1, 0.15) is 11.1 Å². The van der Waals surface area contributed by atoms with Gasteiger partial charge in [-0.15, -0.1) is 5.01 Å². The minimum absolute atomic E-state index is 0.122. The number of nitriles is 1. The fourth-order valence-electron chi connectivity index (χ4n) is 2.66. The maximum absolute atomic E-state index is 12.3. The van der Waals surface area contributed by atoms with Crippen molar-refractivity contribution in [3.05, 3.63) is 29.6 Å². The second kappa shape index (κ2) is 10.1. The third kappa shape index (κ3) is 5.43. The summed E-state index contributed by atoms with van der Waals surface area (Å²) in [5.74, 6) is 0.138. The van der Waals surface area contributed by atoms with E-state index in [0.717, 1.165) is 25.0 Å². The molecule has 2 aromatic rings. The van der Waals surface area contributed by atoms with Crippen LogP contribution >= 0.6 is 11.8 Å². The molecule has 10 heteroatoms. The zero-order chi connectivity index (χ0) is 19.8. The topological polar surface area (TPSA) is 108 Å². The van der Waals surface area contributed by atoms with E-state index in [9.17, 15) is 10.1 Å². The van der Waals surface area contributed by atoms with Crippen molar-refractivity contribution in [3.63, 3.8) is 0 Å². The summed E-state index contributed by atoms with van der Waals surface area (Å²) in [4.78, 5) is 18.3. The summed E-state index contributed by atoms with van der Waals surface area (Å²) < 4.78 is 10.5. The third-order valence-corrected chi connectivity index (χ3v) is 5.15. The van der Waals surface area contributed by atoms with Gasteiger partial charge < -0.3 is 4.74 Å². The lowest BCUT2D eigenvalue weighted by Crippen LogP contribution is -2.62. The second-order valence-electron chi connectivity index (χ2n) is 6.26. The van der Waals surface area contributed by atoms with E-state index in [1.807, 2.05) is 11.1 Å². The van der Waals surface area contributed by atoms with Gasteiger partial charge in [-0.1, -0.05) is 25.1 Å². The zero-order valence-electron chi connectivity index (χ0n) is 15.8. The lowest BCUT2D eigenvalue weighted by atomic mass is 10.2. The van der Waals surface area contributed by atoms with Crippen molar-refractivity contribution in [1.82, 2.24) is 10.3 Å². The van der Waals surface area contributed by atoms with Gasteiger partial charge in [-0.05, 0) is 25.0 Å². The van der Waals surface area contributed by atoms with Gasteiger partial charge in [0, 0.05) is 5.69 Å². The monoisotopic (exact) mass is 403 g/mol. The molecule has 28 heavy (non-hydrogen) atoms. The molecule has 0 unspecified atom stereocenters. The Morgan fingerprint density at radius 1 is 1.43 bits per heavy atom. The molecule has 3 heterocycles. The number of carbonyl (C=O) groups is 1. The van der Waals surface area contributed by atoms with Crippen LogP contribution in [0, 0.1) is 11.3 Å². The van der Waals surface area contributed by atoms with Crippen molar-refractivity contribution < 1.29 is 18.8 Å². The van der Waals surface area contributed by atoms with E-state index < -0.39 is 0 Å². The molecule has 0 atom stereocenters. The van der Waals surface area contributed by atoms with Crippen molar-refractivity contribution in [2.24, 2.45) is 0 Å². The van der Waals surface area contributed by atoms with Crippen LogP contribution in [0.3, 0.4) is 0 Å². The van der Waals surface area contributed by atoms with Gasteiger partial charge in [0.25, 0.3) is 6.20 Å². The number of nitrogens with one attached hydrogen (secondary N) is 1. The molecule has 1 saturated heterocycles. The molecule has 0 saturated carbocycles. The SMILES string of the molecule is CCCCc1ccc(C#N)c(SCC(=O)Nc2c[n+](N3CCOCC3)no2)n1. The number of hydrogen-bond donors (Lipinski definition) is 1. The van der Waals surface area contributed by atoms with Crippen LogP contribution in [-0.2, 0) is 16.0 Å². The van der Waals surface area contributed by atoms with Crippen LogP contribution in [-0.4, -0.2) is 48.2 Å². The maximum Gasteiger partial charge on any atom is 0.305 e. The molecule has 0 bridgehead atoms. The number of hydrogen-bond acceptors (Lipinski definition) is 8. The Morgan fingerprint density at radius 3 is 3.00 bits per heavy atom. The van der Waals surface area contributed by atoms with Gasteiger partial charge in [0.2, 0.25) is 11.2 Å². The summed E-state index contributed by atoms with van der Waals surface area (Å²) in [6.07, 6.45) is 4.60. The molecule has 1 N–H and O–H groups in total. The standard InChI is InChI=1S/C18H22N6O3S/c1-2-3-4-15-6-5-14(11-19)18(20-15)28-13-16(25)21-17-12-24(22-27-17)23-7-9-26-10-8-23/h5-6,12H,2-4,7-10,13H2,1H3/p+1. The molecule has 1 aliphatic heterocycles. The molecule has 1 aliphatic rings. The van der Waals surface area contributed by atoms with Crippen molar-refractivity contribution in [2.45, 2.75) is 31.2 Å². The Balaban J connectivity index is 1.55. The predicted molar refractivity (Wildman–Crippen MR) is 102 cm³/mol. The number of morpholine rings is 1. The molecule has 0 spiro atoms. The van der Waals surface area contributed by atoms with E-state index in [1.54, 1.807) is 17.1 Å². The number of anilines is 1. The van der Waals surface area contributed by atoms with E-state index in [1.165, 1.54) is 11.8 Å². The number of thioether (sulfide) groups is 1. The van der Waals surface area contributed by atoms with E-state index >= 15 is 0 Å². The quantitative estimate of drug-likeness (QED) is 0.519. The van der Waals surface area contributed by atoms with Crippen LogP contribution in [0.5, 0.6) is 0 Å². The number of aryl methyl sites for hydroxylation is 1. The van der Waals surface area contributed by atoms with Gasteiger partial charge in [0.15, 0.2) is 0 Å². The summed E-state index contributed by atoms with van der Waals surface area (Å²) in [6, 6.07) is 5.77. The first-order chi connectivity index (χ1) is 13.7. The number of unbranched alkanes of at least 4 members (excludes halogenated alkanes) is 1. The van der Waals surface area contributed by atoms with Crippen LogP contribution in [0.25, 0.3) is 0 Å². The highest BCUT2D eigenvalue weighted by Crippen LogP contribution is 2.21. The molecule has 148 valence electrons. The van der Waals surface area contributed by atoms with Gasteiger partial charge >= 0.3 is 5.88 Å². The van der Waals surface area contributed by atoms with E-state index in [-0.39, 0.29) is 17.5 Å². The highest BCUT2D eigenvalue weighted by Gasteiger charge is 2.23. The Labute approximate surface area is 167 Å². The Morgan fingerprint density at radius 2 is 2.25 bits per heavy atom. The van der Waals surface area contributed by atoms with Crippen molar-refractivity contribution >= 4 is 23.6 Å². The molecule has 3 rings (SSSR count). The van der Waals surface area contributed by atoms with Gasteiger partial charge in [-0.25, -0.2) is 4.98 Å². The Bertz CT molecular complexity index is 844.